The molecule has 0 unspecified atom stereocenters. The van der Waals surface area contributed by atoms with Crippen LogP contribution in [0.2, 0.25) is 0 Å². The molecule has 1 fully saturated rings. The fourth-order valence-electron chi connectivity index (χ4n) is 1.78. The molecular formula is C19H23BBr6ClLiO6P. The number of aliphatic hydroxyl groups excluding tert-OH is 1. The molecule has 1 aliphatic rings. The topological polar surface area (TPSA) is 78.1 Å². The van der Waals surface area contributed by atoms with Crippen molar-refractivity contribution in [2.24, 2.45) is 0 Å². The van der Waals surface area contributed by atoms with Gasteiger partial charge in [0.25, 0.3) is 5.95 Å². The van der Waals surface area contributed by atoms with Crippen LogP contribution < -0.4 is 23.6 Å². The maximum Gasteiger partial charge on any atom is 1.00 e. The molecule has 4 heterocycles. The van der Waals surface area contributed by atoms with Crippen LogP contribution in [0.25, 0.3) is 0 Å². The van der Waals surface area contributed by atoms with E-state index >= 15 is 0 Å². The van der Waals surface area contributed by atoms with Gasteiger partial charge in [-0.3, -0.25) is 0 Å². The number of aliphatic hydroxyl groups is 1. The Morgan fingerprint density at radius 2 is 1.31 bits per heavy atom. The molecule has 1 N–H and O–H groups in total. The second-order valence-corrected chi connectivity index (χ2v) is 23.4. The van der Waals surface area contributed by atoms with Crippen molar-refractivity contribution >= 4 is 118 Å². The number of hydrogen-bond donors (Lipinski definition) is 1. The molecule has 3 aromatic rings. The Balaban J connectivity index is -0.000000178. The molecule has 1 saturated heterocycles. The van der Waals surface area contributed by atoms with E-state index in [-0.39, 0.29) is 39.3 Å². The minimum atomic E-state index is -0.183. The Morgan fingerprint density at radius 3 is 1.49 bits per heavy atom. The van der Waals surface area contributed by atoms with Gasteiger partial charge in [-0.25, -0.2) is 0 Å². The number of rotatable bonds is 3. The summed E-state index contributed by atoms with van der Waals surface area (Å²) in [4.78, 5) is 0. The number of ether oxygens (including phenoxy) is 2. The Hall–Kier alpha value is 1.82. The summed E-state index contributed by atoms with van der Waals surface area (Å²) >= 11 is 24.3. The minimum Gasteiger partial charge on any atom is -1.00 e. The van der Waals surface area contributed by atoms with Crippen molar-refractivity contribution in [3.63, 3.8) is 0 Å². The molecule has 6 nitrogen and oxygen atoms in total. The van der Waals surface area contributed by atoms with E-state index in [0.717, 1.165) is 23.6 Å². The van der Waals surface area contributed by atoms with Gasteiger partial charge in [-0.1, -0.05) is 0 Å². The van der Waals surface area contributed by atoms with E-state index in [1.165, 1.54) is 12.8 Å². The molecule has 193 valence electrons. The van der Waals surface area contributed by atoms with Crippen LogP contribution in [-0.4, -0.2) is 33.8 Å². The predicted octanol–water partition coefficient (Wildman–Crippen LogP) is 7.30. The monoisotopic (exact) mass is 905 g/mol. The summed E-state index contributed by atoms with van der Waals surface area (Å²) in [6.07, 6.45) is 2.56. The Morgan fingerprint density at radius 1 is 0.886 bits per heavy atom. The van der Waals surface area contributed by atoms with E-state index in [4.69, 9.17) is 39.4 Å². The minimum absolute atomic E-state index is 0. The Kier molecular flexibility index (Phi) is 32.3. The van der Waals surface area contributed by atoms with E-state index in [2.05, 4.69) is 94.3 Å². The molecule has 0 aromatic carbocycles. The van der Waals surface area contributed by atoms with E-state index in [9.17, 15) is 0 Å². The molecule has 3 aromatic heterocycles. The molecule has 0 bridgehead atoms. The first-order valence-electron chi connectivity index (χ1n) is 9.01. The van der Waals surface area contributed by atoms with Crippen molar-refractivity contribution in [2.75, 3.05) is 20.3 Å². The fraction of sp³-hybridized carbons (Fsp3) is 0.368. The first-order chi connectivity index (χ1) is 15.7. The maximum absolute atomic E-state index is 8.44. The SMILES string of the molecule is BrP(Br)Br.C1CCOC1.COc1ccc(Br)o1.ClCc1ccc(Br)o1.OCc1ccc(Br)o1.[B].[H-].[Li+]. The van der Waals surface area contributed by atoms with Crippen LogP contribution >= 0.6 is 110 Å². The predicted molar refractivity (Wildman–Crippen MR) is 162 cm³/mol. The van der Waals surface area contributed by atoms with Gasteiger partial charge in [-0.05, 0) is 137 Å². The van der Waals surface area contributed by atoms with Gasteiger partial charge in [0.1, 0.15) is 22.2 Å². The zero-order valence-electron chi connectivity index (χ0n) is 19.9. The second-order valence-electron chi connectivity index (χ2n) is 5.48. The van der Waals surface area contributed by atoms with Crippen LogP contribution in [0, 0.1) is 0 Å². The molecule has 3 radical (unpaired) electrons. The quantitative estimate of drug-likeness (QED) is 0.169. The van der Waals surface area contributed by atoms with Crippen LogP contribution in [0.1, 0.15) is 25.8 Å². The normalized spacial score (nSPS) is 11.0. The third kappa shape index (κ3) is 25.8. The maximum atomic E-state index is 8.44. The third-order valence-corrected chi connectivity index (χ3v) is 4.66. The van der Waals surface area contributed by atoms with Crippen LogP contribution in [-0.2, 0) is 17.2 Å². The van der Waals surface area contributed by atoms with Gasteiger partial charge < -0.3 is 29.3 Å². The van der Waals surface area contributed by atoms with Crippen molar-refractivity contribution in [3.8, 4) is 5.95 Å². The summed E-state index contributed by atoms with van der Waals surface area (Å²) in [6.45, 7) is 1.96. The summed E-state index contributed by atoms with van der Waals surface area (Å²) in [5, 5.41) is 8.44. The molecular weight excluding hydrogens is 888 g/mol. The molecule has 0 spiro atoms. The summed E-state index contributed by atoms with van der Waals surface area (Å²) in [5.74, 6) is 2.33. The Bertz CT molecular complexity index is 754. The van der Waals surface area contributed by atoms with Gasteiger partial charge in [0.15, 0.2) is 14.0 Å². The molecule has 4 rings (SSSR count). The summed E-state index contributed by atoms with van der Waals surface area (Å²) in [5.41, 5.74) is 0. The van der Waals surface area contributed by atoms with E-state index in [1.54, 1.807) is 31.4 Å². The summed E-state index contributed by atoms with van der Waals surface area (Å²) < 4.78 is 26.4. The first-order valence-corrected chi connectivity index (χ1v) is 19.3. The van der Waals surface area contributed by atoms with Crippen molar-refractivity contribution in [2.45, 2.75) is 25.3 Å². The first kappa shape index (κ1) is 41.3. The molecule has 0 amide bonds. The number of halogens is 7. The molecule has 35 heavy (non-hydrogen) atoms. The zero-order valence-corrected chi connectivity index (χ0v) is 30.0. The molecule has 1 aliphatic heterocycles. The largest absolute Gasteiger partial charge is 1.00 e. The molecule has 0 saturated carbocycles. The number of alkyl halides is 1. The van der Waals surface area contributed by atoms with Gasteiger partial charge >= 0.3 is 18.9 Å². The van der Waals surface area contributed by atoms with Crippen LogP contribution in [0.15, 0.2) is 63.7 Å². The standard InChI is InChI=1S/C5H4BrClO.2C5H5BrO2.C4H8O.B.Br3P.Li.H/c6-5-2-1-4(3-7)8-5;1-7-5-3-2-4(6)8-5;6-5-2-1-4(3-7)8-5;1-2-4-5-3-1;;1-4(2)3;;/h1-2H,3H2;2-3H,1H3;1-2,7H,3H2;1-4H2;;;;/q;;;;;;+1;-1. The average Bonchev–Trinajstić information content (AvgIpc) is 3.58. The van der Waals surface area contributed by atoms with Crippen LogP contribution in [0.5, 0.6) is 5.95 Å². The van der Waals surface area contributed by atoms with Crippen molar-refractivity contribution in [1.29, 1.82) is 0 Å². The summed E-state index contributed by atoms with van der Waals surface area (Å²) in [6, 6.07) is 10.6. The van der Waals surface area contributed by atoms with Gasteiger partial charge in [0.2, 0.25) is 0 Å². The zero-order chi connectivity index (χ0) is 25.1. The van der Waals surface area contributed by atoms with E-state index in [0.29, 0.717) is 26.9 Å². The van der Waals surface area contributed by atoms with Gasteiger partial charge in [0.05, 0.1) is 13.0 Å². The number of hydrogen-bond acceptors (Lipinski definition) is 6. The molecule has 0 aliphatic carbocycles. The molecule has 0 atom stereocenters. The summed E-state index contributed by atoms with van der Waals surface area (Å²) in [7, 11) is 1.56. The van der Waals surface area contributed by atoms with Gasteiger partial charge in [-0.2, -0.15) is 0 Å². The smallest absolute Gasteiger partial charge is 1.00 e. The van der Waals surface area contributed by atoms with E-state index in [1.807, 2.05) is 12.1 Å². The van der Waals surface area contributed by atoms with Crippen LogP contribution in [0.3, 0.4) is 0 Å². The van der Waals surface area contributed by atoms with Gasteiger partial charge in [0, 0.05) is 27.7 Å². The van der Waals surface area contributed by atoms with Crippen molar-refractivity contribution in [3.05, 3.63) is 61.9 Å². The second kappa shape index (κ2) is 27.4. The van der Waals surface area contributed by atoms with Crippen LogP contribution in [0.4, 0.5) is 0 Å². The molecule has 16 heteroatoms. The van der Waals surface area contributed by atoms with E-state index < -0.39 is 0 Å². The third-order valence-electron chi connectivity index (χ3n) is 3.12. The van der Waals surface area contributed by atoms with Gasteiger partial charge in [-0.15, -0.1) is 11.6 Å². The van der Waals surface area contributed by atoms with Crippen molar-refractivity contribution in [1.82, 2.24) is 0 Å². The Labute approximate surface area is 276 Å². The average molecular weight is 911 g/mol. The van der Waals surface area contributed by atoms with Crippen molar-refractivity contribution < 1.29 is 48.1 Å². The fourth-order valence-corrected chi connectivity index (χ4v) is 2.89. The number of furan rings is 3. The number of methoxy groups -OCH3 is 1.